The highest BCUT2D eigenvalue weighted by atomic mass is 32.2. The number of hydrogen-bond donors (Lipinski definition) is 3. The first-order valence-corrected chi connectivity index (χ1v) is 10.9. The molecule has 0 aliphatic heterocycles. The van der Waals surface area contributed by atoms with E-state index in [1.165, 1.54) is 19.1 Å². The molecular weight excluding hydrogens is 416 g/mol. The van der Waals surface area contributed by atoms with Crippen LogP contribution < -0.4 is 15.8 Å². The number of carbonyl (C=O) groups is 1. The predicted molar refractivity (Wildman–Crippen MR) is 118 cm³/mol. The molecule has 0 unspecified atom stereocenters. The van der Waals surface area contributed by atoms with Crippen LogP contribution in [-0.4, -0.2) is 28.9 Å². The van der Waals surface area contributed by atoms with Crippen LogP contribution >= 0.6 is 0 Å². The van der Waals surface area contributed by atoms with E-state index in [1.54, 1.807) is 22.8 Å². The summed E-state index contributed by atoms with van der Waals surface area (Å²) in [6.45, 7) is 1.91. The number of carbonyl (C=O) groups excluding carboxylic acids is 1. The molecule has 1 amide bonds. The molecule has 0 aliphatic carbocycles. The minimum Gasteiger partial charge on any atom is -0.365 e. The lowest BCUT2D eigenvalue weighted by Gasteiger charge is -2.09. The summed E-state index contributed by atoms with van der Waals surface area (Å²) < 4.78 is 24.5. The maximum atomic E-state index is 11.4. The highest BCUT2D eigenvalue weighted by molar-refractivity contribution is 7.89. The Bertz CT molecular complexity index is 1360. The van der Waals surface area contributed by atoms with Crippen molar-refractivity contribution in [1.82, 2.24) is 14.6 Å². The summed E-state index contributed by atoms with van der Waals surface area (Å²) in [4.78, 5) is 15.8. The van der Waals surface area contributed by atoms with Crippen molar-refractivity contribution < 1.29 is 13.2 Å². The number of fused-ring (bicyclic) bond motifs is 1. The van der Waals surface area contributed by atoms with Gasteiger partial charge in [0.25, 0.3) is 0 Å². The van der Waals surface area contributed by atoms with Crippen molar-refractivity contribution in [2.75, 3.05) is 10.6 Å². The zero-order valence-corrected chi connectivity index (χ0v) is 17.4. The largest absolute Gasteiger partial charge is 0.365 e. The van der Waals surface area contributed by atoms with Crippen LogP contribution in [-0.2, 0) is 21.4 Å². The lowest BCUT2D eigenvalue weighted by atomic mass is 10.1. The van der Waals surface area contributed by atoms with E-state index in [2.05, 4.69) is 20.7 Å². The number of imidazole rings is 1. The van der Waals surface area contributed by atoms with Gasteiger partial charge in [-0.1, -0.05) is 24.3 Å². The van der Waals surface area contributed by atoms with Crippen molar-refractivity contribution in [2.45, 2.75) is 18.4 Å². The second-order valence-electron chi connectivity index (χ2n) is 6.94. The molecule has 0 spiro atoms. The summed E-state index contributed by atoms with van der Waals surface area (Å²) in [6.07, 6.45) is 1.73. The van der Waals surface area contributed by atoms with Crippen molar-refractivity contribution in [2.24, 2.45) is 5.14 Å². The molecule has 2 aromatic heterocycles. The van der Waals surface area contributed by atoms with Crippen molar-refractivity contribution >= 4 is 33.1 Å². The van der Waals surface area contributed by atoms with Crippen LogP contribution in [0.2, 0.25) is 0 Å². The smallest absolute Gasteiger partial charge is 0.238 e. The van der Waals surface area contributed by atoms with Gasteiger partial charge >= 0.3 is 0 Å². The number of amides is 1. The van der Waals surface area contributed by atoms with Crippen LogP contribution in [0.4, 0.5) is 11.5 Å². The molecule has 0 aliphatic rings. The fraction of sp³-hybridized carbons (Fsp3) is 0.0952. The quantitative estimate of drug-likeness (QED) is 0.426. The van der Waals surface area contributed by atoms with Crippen LogP contribution in [0, 0.1) is 0 Å². The average molecular weight is 436 g/mol. The molecule has 158 valence electrons. The third-order valence-corrected chi connectivity index (χ3v) is 5.50. The normalized spacial score (nSPS) is 11.4. The summed E-state index contributed by atoms with van der Waals surface area (Å²) >= 11 is 0. The number of benzene rings is 2. The van der Waals surface area contributed by atoms with Gasteiger partial charge < -0.3 is 10.6 Å². The highest BCUT2D eigenvalue weighted by Crippen LogP contribution is 2.24. The molecule has 31 heavy (non-hydrogen) atoms. The van der Waals surface area contributed by atoms with E-state index in [0.717, 1.165) is 16.8 Å². The number of anilines is 2. The molecule has 0 bridgehead atoms. The Balaban J connectivity index is 1.57. The Morgan fingerprint density at radius 2 is 1.87 bits per heavy atom. The van der Waals surface area contributed by atoms with Gasteiger partial charge in [-0.3, -0.25) is 4.79 Å². The zero-order chi connectivity index (χ0) is 22.0. The molecule has 9 nitrogen and oxygen atoms in total. The maximum absolute atomic E-state index is 11.4. The van der Waals surface area contributed by atoms with Crippen LogP contribution in [0.15, 0.2) is 71.8 Å². The standard InChI is InChI=1S/C21H20N6O3S/c1-14(28)25-17-4-2-3-16(11-17)19-13-24-21-10-9-20(26-27(19)21)23-12-15-5-7-18(8-6-15)31(22,29)30/h2-11,13H,12H2,1H3,(H,23,26)(H,25,28)(H2,22,29,30). The molecule has 10 heteroatoms. The first-order chi connectivity index (χ1) is 14.8. The lowest BCUT2D eigenvalue weighted by molar-refractivity contribution is -0.114. The average Bonchev–Trinajstić information content (AvgIpc) is 3.15. The Morgan fingerprint density at radius 3 is 2.58 bits per heavy atom. The minimum absolute atomic E-state index is 0.0698. The summed E-state index contributed by atoms with van der Waals surface area (Å²) in [5.74, 6) is 0.484. The molecule has 0 atom stereocenters. The van der Waals surface area contributed by atoms with Crippen molar-refractivity contribution in [3.05, 3.63) is 72.4 Å². The molecule has 0 radical (unpaired) electrons. The number of nitrogens with one attached hydrogen (secondary N) is 2. The van der Waals surface area contributed by atoms with E-state index in [1.807, 2.05) is 36.4 Å². The fourth-order valence-corrected chi connectivity index (χ4v) is 3.63. The van der Waals surface area contributed by atoms with Gasteiger partial charge in [-0.05, 0) is 42.0 Å². The van der Waals surface area contributed by atoms with Gasteiger partial charge in [0.2, 0.25) is 15.9 Å². The topological polar surface area (TPSA) is 131 Å². The number of rotatable bonds is 6. The van der Waals surface area contributed by atoms with Crippen LogP contribution in [0.1, 0.15) is 12.5 Å². The van der Waals surface area contributed by atoms with E-state index in [4.69, 9.17) is 5.14 Å². The highest BCUT2D eigenvalue weighted by Gasteiger charge is 2.10. The number of aromatic nitrogens is 3. The molecule has 4 aromatic rings. The van der Waals surface area contributed by atoms with Gasteiger partial charge in [-0.15, -0.1) is 5.10 Å². The summed E-state index contributed by atoms with van der Waals surface area (Å²) in [5.41, 5.74) is 3.90. The first kappa shape index (κ1) is 20.5. The van der Waals surface area contributed by atoms with Gasteiger partial charge in [0.05, 0.1) is 16.8 Å². The molecule has 0 fully saturated rings. The monoisotopic (exact) mass is 436 g/mol. The number of hydrogen-bond acceptors (Lipinski definition) is 6. The molecule has 4 rings (SSSR count). The second kappa shape index (κ2) is 8.17. The summed E-state index contributed by atoms with van der Waals surface area (Å²) in [7, 11) is -3.71. The number of primary sulfonamides is 1. The molecule has 0 saturated carbocycles. The first-order valence-electron chi connectivity index (χ1n) is 9.38. The van der Waals surface area contributed by atoms with Crippen molar-refractivity contribution in [1.29, 1.82) is 0 Å². The second-order valence-corrected chi connectivity index (χ2v) is 8.50. The van der Waals surface area contributed by atoms with E-state index >= 15 is 0 Å². The fourth-order valence-electron chi connectivity index (χ4n) is 3.11. The van der Waals surface area contributed by atoms with Gasteiger partial charge in [-0.25, -0.2) is 23.1 Å². The van der Waals surface area contributed by atoms with E-state index in [-0.39, 0.29) is 10.8 Å². The van der Waals surface area contributed by atoms with E-state index in [0.29, 0.717) is 23.7 Å². The summed E-state index contributed by atoms with van der Waals surface area (Å²) in [6, 6.07) is 17.5. The van der Waals surface area contributed by atoms with Gasteiger partial charge in [0.15, 0.2) is 5.65 Å². The van der Waals surface area contributed by atoms with Gasteiger partial charge in [0, 0.05) is 24.7 Å². The maximum Gasteiger partial charge on any atom is 0.238 e. The third kappa shape index (κ3) is 4.71. The number of sulfonamides is 1. The zero-order valence-electron chi connectivity index (χ0n) is 16.6. The molecule has 2 heterocycles. The number of nitrogens with two attached hydrogens (primary N) is 1. The molecule has 0 saturated heterocycles. The Morgan fingerprint density at radius 1 is 1.10 bits per heavy atom. The molecule has 2 aromatic carbocycles. The molecular formula is C21H20N6O3S. The Kier molecular flexibility index (Phi) is 5.40. The van der Waals surface area contributed by atoms with Crippen LogP contribution in [0.25, 0.3) is 16.9 Å². The lowest BCUT2D eigenvalue weighted by Crippen LogP contribution is -2.12. The van der Waals surface area contributed by atoms with Gasteiger partial charge in [0.1, 0.15) is 5.82 Å². The van der Waals surface area contributed by atoms with Crippen LogP contribution in [0.3, 0.4) is 0 Å². The third-order valence-electron chi connectivity index (χ3n) is 4.57. The number of nitrogens with zero attached hydrogens (tertiary/aromatic N) is 3. The van der Waals surface area contributed by atoms with Crippen LogP contribution in [0.5, 0.6) is 0 Å². The van der Waals surface area contributed by atoms with E-state index in [9.17, 15) is 13.2 Å². The molecule has 4 N–H and O–H groups in total. The van der Waals surface area contributed by atoms with Crippen molar-refractivity contribution in [3.8, 4) is 11.3 Å². The minimum atomic E-state index is -3.71. The van der Waals surface area contributed by atoms with E-state index < -0.39 is 10.0 Å². The van der Waals surface area contributed by atoms with Gasteiger partial charge in [-0.2, -0.15) is 0 Å². The Hall–Kier alpha value is -3.76. The Labute approximate surface area is 179 Å². The predicted octanol–water partition coefficient (Wildman–Crippen LogP) is 2.61. The van der Waals surface area contributed by atoms with Crippen molar-refractivity contribution in [3.63, 3.8) is 0 Å². The SMILES string of the molecule is CC(=O)Nc1cccc(-c2cnc3ccc(NCc4ccc(S(N)(=O)=O)cc4)nn23)c1. The summed E-state index contributed by atoms with van der Waals surface area (Å²) in [5, 5.41) is 15.7.